The van der Waals surface area contributed by atoms with Crippen LogP contribution in [0, 0.1) is 0 Å². The minimum absolute atomic E-state index is 0.0873. The molecule has 2 fully saturated rings. The quantitative estimate of drug-likeness (QED) is 0.338. The summed E-state index contributed by atoms with van der Waals surface area (Å²) in [7, 11) is 0. The molecule has 1 aromatic carbocycles. The van der Waals surface area contributed by atoms with Crippen LogP contribution in [0.3, 0.4) is 0 Å². The second-order valence-corrected chi connectivity index (χ2v) is 10.9. The van der Waals surface area contributed by atoms with Crippen LogP contribution in [-0.4, -0.2) is 89.1 Å². The molecule has 4 N–H and O–H groups in total. The lowest BCUT2D eigenvalue weighted by Crippen LogP contribution is -2.57. The fraction of sp³-hybridized carbons (Fsp3) is 0.571. The van der Waals surface area contributed by atoms with Crippen LogP contribution in [0.25, 0.3) is 11.3 Å². The highest BCUT2D eigenvalue weighted by atomic mass is 35.5. The molecular formula is C28H37ClN6O5. The van der Waals surface area contributed by atoms with Crippen LogP contribution in [-0.2, 0) is 20.8 Å². The van der Waals surface area contributed by atoms with Gasteiger partial charge in [0.05, 0.1) is 29.6 Å². The van der Waals surface area contributed by atoms with Crippen molar-refractivity contribution in [3.63, 3.8) is 0 Å². The first kappa shape index (κ1) is 28.7. The van der Waals surface area contributed by atoms with E-state index in [9.17, 15) is 14.7 Å². The summed E-state index contributed by atoms with van der Waals surface area (Å²) in [6.07, 6.45) is 5.89. The molecular weight excluding hydrogens is 536 g/mol. The number of aliphatic hydroxyl groups is 1. The van der Waals surface area contributed by atoms with Crippen LogP contribution in [0.15, 0.2) is 24.4 Å². The summed E-state index contributed by atoms with van der Waals surface area (Å²) in [6, 6.07) is 5.20. The number of aliphatic hydroxyl groups excluding tert-OH is 1. The zero-order chi connectivity index (χ0) is 28.1. The number of hydrogen-bond donors (Lipinski definition) is 4. The molecule has 5 rings (SSSR count). The second kappa shape index (κ2) is 13.2. The van der Waals surface area contributed by atoms with Crippen molar-refractivity contribution in [1.29, 1.82) is 0 Å². The van der Waals surface area contributed by atoms with Gasteiger partial charge >= 0.3 is 0 Å². The van der Waals surface area contributed by atoms with E-state index in [0.29, 0.717) is 54.2 Å². The third kappa shape index (κ3) is 6.72. The summed E-state index contributed by atoms with van der Waals surface area (Å²) in [5.41, 5.74) is 2.59. The van der Waals surface area contributed by atoms with Gasteiger partial charge in [-0.25, -0.2) is 9.97 Å². The summed E-state index contributed by atoms with van der Waals surface area (Å²) in [4.78, 5) is 36.7. The van der Waals surface area contributed by atoms with Gasteiger partial charge < -0.3 is 30.1 Å². The zero-order valence-corrected chi connectivity index (χ0v) is 23.5. The Bertz CT molecular complexity index is 1210. The number of carbonyl (C=O) groups is 2. The van der Waals surface area contributed by atoms with Gasteiger partial charge in [0.25, 0.3) is 5.91 Å². The van der Waals surface area contributed by atoms with Crippen molar-refractivity contribution in [1.82, 2.24) is 25.5 Å². The molecule has 2 amide bonds. The van der Waals surface area contributed by atoms with E-state index in [-0.39, 0.29) is 43.3 Å². The van der Waals surface area contributed by atoms with Gasteiger partial charge in [0.2, 0.25) is 11.9 Å². The predicted octanol–water partition coefficient (Wildman–Crippen LogP) is 2.33. The first-order valence-corrected chi connectivity index (χ1v) is 14.4. The van der Waals surface area contributed by atoms with E-state index >= 15 is 0 Å². The average Bonchev–Trinajstić information content (AvgIpc) is 3.27. The highest BCUT2D eigenvalue weighted by molar-refractivity contribution is 6.33. The molecule has 0 spiro atoms. The molecule has 1 aromatic heterocycles. The molecule has 0 aliphatic carbocycles. The summed E-state index contributed by atoms with van der Waals surface area (Å²) < 4.78 is 11.1. The van der Waals surface area contributed by atoms with Crippen LogP contribution >= 0.6 is 11.6 Å². The summed E-state index contributed by atoms with van der Waals surface area (Å²) in [5.74, 6) is -0.0659. The number of ether oxygens (including phenoxy) is 2. The number of carbonyl (C=O) groups excluding carboxylic acids is 2. The van der Waals surface area contributed by atoms with Gasteiger partial charge in [0, 0.05) is 49.6 Å². The number of hydrogen-bond acceptors (Lipinski definition) is 9. The molecule has 40 heavy (non-hydrogen) atoms. The first-order valence-electron chi connectivity index (χ1n) is 14.0. The third-order valence-electron chi connectivity index (χ3n) is 7.67. The van der Waals surface area contributed by atoms with Crippen LogP contribution in [0.2, 0.25) is 5.02 Å². The highest BCUT2D eigenvalue weighted by Gasteiger charge is 2.32. The summed E-state index contributed by atoms with van der Waals surface area (Å²) in [5, 5.41) is 20.0. The highest BCUT2D eigenvalue weighted by Crippen LogP contribution is 2.31. The smallest absolute Gasteiger partial charge is 0.254 e. The van der Waals surface area contributed by atoms with Crippen LogP contribution in [0.5, 0.6) is 0 Å². The number of halogens is 1. The van der Waals surface area contributed by atoms with Crippen molar-refractivity contribution in [2.75, 3.05) is 38.3 Å². The van der Waals surface area contributed by atoms with Gasteiger partial charge in [-0.2, -0.15) is 0 Å². The van der Waals surface area contributed by atoms with E-state index in [2.05, 4.69) is 25.9 Å². The molecule has 2 saturated heterocycles. The first-order chi connectivity index (χ1) is 19.4. The van der Waals surface area contributed by atoms with Crippen molar-refractivity contribution in [2.24, 2.45) is 0 Å². The van der Waals surface area contributed by atoms with Crippen LogP contribution in [0.1, 0.15) is 54.9 Å². The van der Waals surface area contributed by atoms with Crippen molar-refractivity contribution in [3.05, 3.63) is 40.5 Å². The number of piperidine rings is 1. The van der Waals surface area contributed by atoms with Gasteiger partial charge in [-0.05, 0) is 50.7 Å². The van der Waals surface area contributed by atoms with Crippen molar-refractivity contribution in [3.8, 4) is 11.3 Å². The van der Waals surface area contributed by atoms with Crippen LogP contribution < -0.4 is 16.0 Å². The molecule has 11 nitrogen and oxygen atoms in total. The molecule has 3 atom stereocenters. The molecule has 12 heteroatoms. The van der Waals surface area contributed by atoms with E-state index in [4.69, 9.17) is 21.1 Å². The third-order valence-corrected chi connectivity index (χ3v) is 7.95. The maximum Gasteiger partial charge on any atom is 0.254 e. The Kier molecular flexibility index (Phi) is 9.48. The SMILES string of the molecule is CCOC1CCCC(C(CO)NC(=O)CN2Cc3ccc(-c4nc(NC5CCOCC5)ncc4Cl)cc3C2=O)N1. The van der Waals surface area contributed by atoms with Crippen molar-refractivity contribution >= 4 is 29.4 Å². The zero-order valence-electron chi connectivity index (χ0n) is 22.7. The Morgan fingerprint density at radius 3 is 2.90 bits per heavy atom. The molecule has 216 valence electrons. The van der Waals surface area contributed by atoms with Crippen LogP contribution in [0.4, 0.5) is 5.95 Å². The summed E-state index contributed by atoms with van der Waals surface area (Å²) >= 11 is 6.46. The van der Waals surface area contributed by atoms with Crippen molar-refractivity contribution < 1.29 is 24.2 Å². The molecule has 0 bridgehead atoms. The lowest BCUT2D eigenvalue weighted by atomic mass is 9.97. The minimum atomic E-state index is -0.466. The van der Waals surface area contributed by atoms with Gasteiger partial charge in [0.15, 0.2) is 0 Å². The standard InChI is InChI=1S/C28H37ClN6O5/c1-2-40-25-5-3-4-22(33-25)23(16-36)32-24(37)15-35-14-18-7-6-17(12-20(18)27(35)38)26-21(29)13-30-28(34-26)31-19-8-10-39-11-9-19/h6-7,12-13,19,22-23,25,33,36H,2-5,8-11,14-16H2,1H3,(H,32,37)(H,30,31,34). The van der Waals surface area contributed by atoms with E-state index in [1.54, 1.807) is 12.3 Å². The van der Waals surface area contributed by atoms with E-state index in [1.165, 1.54) is 4.90 Å². The lowest BCUT2D eigenvalue weighted by Gasteiger charge is -2.35. The average molecular weight is 573 g/mol. The largest absolute Gasteiger partial charge is 0.394 e. The molecule has 0 saturated carbocycles. The molecule has 0 radical (unpaired) electrons. The number of rotatable bonds is 10. The predicted molar refractivity (Wildman–Crippen MR) is 150 cm³/mol. The monoisotopic (exact) mass is 572 g/mol. The number of fused-ring (bicyclic) bond motifs is 1. The van der Waals surface area contributed by atoms with E-state index in [0.717, 1.165) is 37.7 Å². The number of nitrogens with one attached hydrogen (secondary N) is 3. The molecule has 3 aliphatic heterocycles. The Hall–Kier alpha value is -2.83. The molecule has 2 aromatic rings. The van der Waals surface area contributed by atoms with E-state index in [1.807, 2.05) is 19.1 Å². The van der Waals surface area contributed by atoms with Gasteiger partial charge in [-0.15, -0.1) is 0 Å². The second-order valence-electron chi connectivity index (χ2n) is 10.5. The fourth-order valence-corrected chi connectivity index (χ4v) is 5.78. The van der Waals surface area contributed by atoms with Gasteiger partial charge in [-0.3, -0.25) is 14.9 Å². The lowest BCUT2D eigenvalue weighted by molar-refractivity contribution is -0.123. The number of nitrogens with zero attached hydrogens (tertiary/aromatic N) is 3. The Balaban J connectivity index is 1.23. The fourth-order valence-electron chi connectivity index (χ4n) is 5.58. The Morgan fingerprint density at radius 2 is 2.12 bits per heavy atom. The number of anilines is 1. The van der Waals surface area contributed by atoms with Crippen molar-refractivity contribution in [2.45, 2.75) is 69.9 Å². The topological polar surface area (TPSA) is 138 Å². The maximum absolute atomic E-state index is 13.3. The Labute approximate surface area is 239 Å². The summed E-state index contributed by atoms with van der Waals surface area (Å²) in [6.45, 7) is 3.96. The minimum Gasteiger partial charge on any atom is -0.394 e. The number of amides is 2. The van der Waals surface area contributed by atoms with E-state index < -0.39 is 6.04 Å². The molecule has 3 unspecified atom stereocenters. The number of benzene rings is 1. The van der Waals surface area contributed by atoms with Gasteiger partial charge in [0.1, 0.15) is 12.8 Å². The Morgan fingerprint density at radius 1 is 1.30 bits per heavy atom. The maximum atomic E-state index is 13.3. The number of aromatic nitrogens is 2. The normalized spacial score (nSPS) is 22.2. The van der Waals surface area contributed by atoms with Gasteiger partial charge in [-0.1, -0.05) is 23.7 Å². The molecule has 4 heterocycles. The molecule has 3 aliphatic rings.